The maximum absolute atomic E-state index is 12.7. The van der Waals surface area contributed by atoms with Crippen LogP contribution in [0.4, 0.5) is 0 Å². The molecule has 0 heterocycles. The average Bonchev–Trinajstić information content (AvgIpc) is 3.19. The number of allylic oxidation sites excluding steroid dienone is 2. The van der Waals surface area contributed by atoms with Crippen LogP contribution in [0.3, 0.4) is 0 Å². The minimum atomic E-state index is -4.62. The topological polar surface area (TPSA) is 111 Å². The normalized spacial score (nSPS) is 13.5. The molecule has 350 valence electrons. The summed E-state index contributed by atoms with van der Waals surface area (Å²) >= 11 is 0. The minimum Gasteiger partial charge on any atom is -0.756 e. The number of phosphoric ester groups is 1. The lowest BCUT2D eigenvalue weighted by Gasteiger charge is -2.28. The van der Waals surface area contributed by atoms with E-state index in [-0.39, 0.29) is 32.0 Å². The molecule has 9 nitrogen and oxygen atoms in total. The lowest BCUT2D eigenvalue weighted by Crippen LogP contribution is -2.37. The van der Waals surface area contributed by atoms with Gasteiger partial charge in [-0.3, -0.25) is 14.2 Å². The van der Waals surface area contributed by atoms with Gasteiger partial charge >= 0.3 is 11.9 Å². The Bertz CT molecular complexity index is 1020. The highest BCUT2D eigenvalue weighted by Gasteiger charge is 2.21. The van der Waals surface area contributed by atoms with E-state index >= 15 is 0 Å². The summed E-state index contributed by atoms with van der Waals surface area (Å²) in [5, 5.41) is 0. The SMILES string of the molecule is CCCCCCCC/C=C/CCCCCCCCCCCC(=O)OC[C@H](COP(=O)([O-])OCC[N+](C)(C)C)OC(=O)CCCCCCCCCCCCCCCCCC. The van der Waals surface area contributed by atoms with Crippen LogP contribution in [0.2, 0.25) is 0 Å². The summed E-state index contributed by atoms with van der Waals surface area (Å²) in [6.07, 6.45) is 45.2. The zero-order valence-electron chi connectivity index (χ0n) is 39.5. The highest BCUT2D eigenvalue weighted by Crippen LogP contribution is 2.38. The quantitative estimate of drug-likeness (QED) is 0.0196. The molecule has 0 amide bonds. The molecule has 0 fully saturated rings. The molecule has 0 saturated carbocycles. The van der Waals surface area contributed by atoms with Crippen molar-refractivity contribution >= 4 is 19.8 Å². The van der Waals surface area contributed by atoms with E-state index in [1.807, 2.05) is 21.1 Å². The molecule has 0 bridgehead atoms. The van der Waals surface area contributed by atoms with E-state index in [4.69, 9.17) is 18.5 Å². The summed E-state index contributed by atoms with van der Waals surface area (Å²) < 4.78 is 34.0. The van der Waals surface area contributed by atoms with E-state index in [0.29, 0.717) is 17.4 Å². The van der Waals surface area contributed by atoms with Gasteiger partial charge in [-0.1, -0.05) is 199 Å². The fourth-order valence-corrected chi connectivity index (χ4v) is 7.85. The van der Waals surface area contributed by atoms with Crippen LogP contribution >= 0.6 is 7.82 Å². The van der Waals surface area contributed by atoms with Gasteiger partial charge in [-0.2, -0.15) is 0 Å². The van der Waals surface area contributed by atoms with Gasteiger partial charge in [0, 0.05) is 12.8 Å². The van der Waals surface area contributed by atoms with Crippen LogP contribution in [0, 0.1) is 0 Å². The van der Waals surface area contributed by atoms with Crippen molar-refractivity contribution in [2.45, 2.75) is 245 Å². The van der Waals surface area contributed by atoms with Crippen LogP contribution in [0.15, 0.2) is 12.2 Å². The second-order valence-corrected chi connectivity index (χ2v) is 19.6. The highest BCUT2D eigenvalue weighted by atomic mass is 31.2. The van der Waals surface area contributed by atoms with Gasteiger partial charge in [0.2, 0.25) is 0 Å². The second kappa shape index (κ2) is 42.1. The molecule has 0 aromatic heterocycles. The molecule has 0 aromatic rings. The zero-order chi connectivity index (χ0) is 43.6. The molecule has 0 aliphatic rings. The number of carbonyl (C=O) groups excluding carboxylic acids is 2. The summed E-state index contributed by atoms with van der Waals surface area (Å²) in [4.78, 5) is 37.7. The van der Waals surface area contributed by atoms with Gasteiger partial charge in [0.05, 0.1) is 27.7 Å². The first-order valence-corrected chi connectivity index (χ1v) is 26.4. The monoisotopic (exact) mass is 858 g/mol. The first-order valence-electron chi connectivity index (χ1n) is 24.9. The van der Waals surface area contributed by atoms with Crippen LogP contribution in [-0.4, -0.2) is 70.0 Å². The number of quaternary nitrogens is 1. The number of carbonyl (C=O) groups is 2. The third-order valence-corrected chi connectivity index (χ3v) is 12.0. The molecule has 0 spiro atoms. The number of ether oxygens (including phenoxy) is 2. The summed E-state index contributed by atoms with van der Waals surface area (Å²) in [5.74, 6) is -0.822. The molecule has 2 atom stereocenters. The second-order valence-electron chi connectivity index (χ2n) is 18.2. The molecule has 59 heavy (non-hydrogen) atoms. The maximum atomic E-state index is 12.7. The van der Waals surface area contributed by atoms with Gasteiger partial charge in [0.15, 0.2) is 6.10 Å². The average molecular weight is 858 g/mol. The van der Waals surface area contributed by atoms with Crippen molar-refractivity contribution in [2.75, 3.05) is 47.5 Å². The van der Waals surface area contributed by atoms with Gasteiger partial charge in [-0.25, -0.2) is 0 Å². The van der Waals surface area contributed by atoms with E-state index in [1.165, 1.54) is 173 Å². The summed E-state index contributed by atoms with van der Waals surface area (Å²) in [5.41, 5.74) is 0. The Labute approximate surface area is 365 Å². The Balaban J connectivity index is 4.24. The highest BCUT2D eigenvalue weighted by molar-refractivity contribution is 7.45. The number of esters is 2. The first-order chi connectivity index (χ1) is 28.5. The van der Waals surface area contributed by atoms with Gasteiger partial charge in [-0.05, 0) is 38.5 Å². The fraction of sp³-hybridized carbons (Fsp3) is 0.918. The predicted molar refractivity (Wildman–Crippen MR) is 245 cm³/mol. The van der Waals surface area contributed by atoms with Gasteiger partial charge < -0.3 is 27.9 Å². The van der Waals surface area contributed by atoms with E-state index < -0.39 is 26.5 Å². The third kappa shape index (κ3) is 46.1. The number of hydrogen-bond acceptors (Lipinski definition) is 8. The molecular weight excluding hydrogens is 762 g/mol. The van der Waals surface area contributed by atoms with E-state index in [0.717, 1.165) is 32.1 Å². The number of likely N-dealkylation sites (N-methyl/N-ethyl adjacent to an activating group) is 1. The zero-order valence-corrected chi connectivity index (χ0v) is 40.4. The van der Waals surface area contributed by atoms with Crippen LogP contribution in [0.1, 0.15) is 239 Å². The Kier molecular flexibility index (Phi) is 41.2. The van der Waals surface area contributed by atoms with Crippen molar-refractivity contribution < 1.29 is 42.1 Å². The van der Waals surface area contributed by atoms with Crippen molar-refractivity contribution in [2.24, 2.45) is 0 Å². The third-order valence-electron chi connectivity index (χ3n) is 11.0. The number of hydrogen-bond donors (Lipinski definition) is 0. The Morgan fingerprint density at radius 3 is 1.25 bits per heavy atom. The van der Waals surface area contributed by atoms with Crippen molar-refractivity contribution in [3.63, 3.8) is 0 Å². The fourth-order valence-electron chi connectivity index (χ4n) is 7.12. The molecule has 0 saturated heterocycles. The van der Waals surface area contributed by atoms with Gasteiger partial charge in [0.25, 0.3) is 7.82 Å². The molecule has 0 N–H and O–H groups in total. The van der Waals surface area contributed by atoms with Crippen molar-refractivity contribution in [3.05, 3.63) is 12.2 Å². The number of rotatable bonds is 46. The lowest BCUT2D eigenvalue weighted by atomic mass is 10.0. The summed E-state index contributed by atoms with van der Waals surface area (Å²) in [6, 6.07) is 0. The first kappa shape index (κ1) is 57.8. The smallest absolute Gasteiger partial charge is 0.306 e. The van der Waals surface area contributed by atoms with E-state index in [1.54, 1.807) is 0 Å². The molecule has 0 rings (SSSR count). The van der Waals surface area contributed by atoms with Crippen LogP contribution in [0.5, 0.6) is 0 Å². The van der Waals surface area contributed by atoms with Crippen molar-refractivity contribution in [3.8, 4) is 0 Å². The Morgan fingerprint density at radius 2 is 0.864 bits per heavy atom. The van der Waals surface area contributed by atoms with Crippen molar-refractivity contribution in [1.82, 2.24) is 0 Å². The molecule has 0 radical (unpaired) electrons. The van der Waals surface area contributed by atoms with Crippen molar-refractivity contribution in [1.29, 1.82) is 0 Å². The molecular formula is C49H96NO8P. The van der Waals surface area contributed by atoms with E-state index in [2.05, 4.69) is 26.0 Å². The summed E-state index contributed by atoms with van der Waals surface area (Å²) in [7, 11) is 1.18. The van der Waals surface area contributed by atoms with E-state index in [9.17, 15) is 19.0 Å². The summed E-state index contributed by atoms with van der Waals surface area (Å²) in [6.45, 7) is 4.27. The molecule has 1 unspecified atom stereocenters. The standard InChI is InChI=1S/C49H96NO8P/c1-6-8-10-12-14-16-18-20-22-24-25-26-28-29-31-33-35-37-39-41-48(51)55-45-47(46-57-59(53,54)56-44-43-50(3,4)5)58-49(52)42-40-38-36-34-32-30-27-23-21-19-17-15-13-11-9-7-2/h20,22,47H,6-19,21,23-46H2,1-5H3/b22-20+/t47-/m1/s1. The van der Waals surface area contributed by atoms with Crippen LogP contribution in [-0.2, 0) is 32.7 Å². The molecule has 10 heteroatoms. The Hall–Kier alpha value is -1.25. The Morgan fingerprint density at radius 1 is 0.508 bits per heavy atom. The molecule has 0 aliphatic carbocycles. The number of phosphoric acid groups is 1. The van der Waals surface area contributed by atoms with Gasteiger partial charge in [0.1, 0.15) is 19.8 Å². The lowest BCUT2D eigenvalue weighted by molar-refractivity contribution is -0.870. The van der Waals surface area contributed by atoms with Crippen LogP contribution in [0.25, 0.3) is 0 Å². The van der Waals surface area contributed by atoms with Gasteiger partial charge in [-0.15, -0.1) is 0 Å². The number of unbranched alkanes of at least 4 members (excludes halogenated alkanes) is 30. The van der Waals surface area contributed by atoms with Crippen LogP contribution < -0.4 is 4.89 Å². The number of nitrogens with zero attached hydrogens (tertiary/aromatic N) is 1. The minimum absolute atomic E-state index is 0.0276. The maximum Gasteiger partial charge on any atom is 0.306 e. The molecule has 0 aliphatic heterocycles. The molecule has 0 aromatic carbocycles. The largest absolute Gasteiger partial charge is 0.756 e. The predicted octanol–water partition coefficient (Wildman–Crippen LogP) is 13.9.